The summed E-state index contributed by atoms with van der Waals surface area (Å²) in [6, 6.07) is 9.07. The van der Waals surface area contributed by atoms with E-state index >= 15 is 0 Å². The van der Waals surface area contributed by atoms with Crippen molar-refractivity contribution in [1.82, 2.24) is 5.32 Å². The molecule has 0 atom stereocenters. The molecule has 1 aromatic heterocycles. The largest absolute Gasteiger partial charge is 0.336 e. The fourth-order valence-electron chi connectivity index (χ4n) is 3.26. The number of fused-ring (bicyclic) bond motifs is 1. The standard InChI is InChI=1S/C18H24N2S.ClH/c1-3-5-15-8-7-14-9-11-19-12-10-16(14)18(15)20(2)17-6-4-13-21-17;/h4,6-8,13,19H,3,5,9-12H2,1-2H3;1H. The zero-order valence-electron chi connectivity index (χ0n) is 13.4. The van der Waals surface area contributed by atoms with Crippen molar-refractivity contribution in [1.29, 1.82) is 0 Å². The lowest BCUT2D eigenvalue weighted by Gasteiger charge is -2.26. The Bertz CT molecular complexity index is 595. The number of rotatable bonds is 4. The van der Waals surface area contributed by atoms with Crippen LogP contribution in [0, 0.1) is 0 Å². The molecule has 0 fully saturated rings. The zero-order valence-corrected chi connectivity index (χ0v) is 15.0. The molecule has 1 aliphatic heterocycles. The van der Waals surface area contributed by atoms with Crippen LogP contribution in [0.15, 0.2) is 29.6 Å². The Hall–Kier alpha value is -1.03. The minimum atomic E-state index is 0. The molecule has 0 bridgehead atoms. The zero-order chi connectivity index (χ0) is 14.7. The fourth-order valence-corrected chi connectivity index (χ4v) is 3.96. The third-order valence-corrected chi connectivity index (χ3v) is 5.22. The van der Waals surface area contributed by atoms with E-state index in [2.05, 4.69) is 53.8 Å². The van der Waals surface area contributed by atoms with Gasteiger partial charge in [0.15, 0.2) is 0 Å². The fraction of sp³-hybridized carbons (Fsp3) is 0.444. The van der Waals surface area contributed by atoms with Crippen molar-refractivity contribution in [2.75, 3.05) is 25.0 Å². The summed E-state index contributed by atoms with van der Waals surface area (Å²) in [7, 11) is 2.22. The maximum atomic E-state index is 3.53. The molecule has 0 aliphatic carbocycles. The number of hydrogen-bond donors (Lipinski definition) is 1. The molecule has 2 aromatic rings. The first-order valence-corrected chi connectivity index (χ1v) is 8.80. The quantitative estimate of drug-likeness (QED) is 0.879. The molecule has 1 aliphatic rings. The Morgan fingerprint density at radius 3 is 2.73 bits per heavy atom. The van der Waals surface area contributed by atoms with Gasteiger partial charge in [0.2, 0.25) is 0 Å². The molecule has 0 radical (unpaired) electrons. The lowest BCUT2D eigenvalue weighted by molar-refractivity contribution is 0.711. The summed E-state index contributed by atoms with van der Waals surface area (Å²) in [4.78, 5) is 2.40. The smallest absolute Gasteiger partial charge is 0.0950 e. The highest BCUT2D eigenvalue weighted by Gasteiger charge is 2.19. The van der Waals surface area contributed by atoms with Crippen LogP contribution in [0.2, 0.25) is 0 Å². The van der Waals surface area contributed by atoms with Crippen molar-refractivity contribution in [2.45, 2.75) is 32.6 Å². The van der Waals surface area contributed by atoms with Gasteiger partial charge in [-0.3, -0.25) is 0 Å². The lowest BCUT2D eigenvalue weighted by Crippen LogP contribution is -2.17. The third kappa shape index (κ3) is 3.48. The molecule has 0 spiro atoms. The number of anilines is 2. The van der Waals surface area contributed by atoms with Gasteiger partial charge < -0.3 is 10.2 Å². The summed E-state index contributed by atoms with van der Waals surface area (Å²) >= 11 is 1.82. The Morgan fingerprint density at radius 1 is 1.18 bits per heavy atom. The molecular formula is C18H25ClN2S. The molecule has 2 nitrogen and oxygen atoms in total. The first-order chi connectivity index (χ1) is 10.3. The Labute approximate surface area is 144 Å². The van der Waals surface area contributed by atoms with Crippen LogP contribution in [0.1, 0.15) is 30.0 Å². The van der Waals surface area contributed by atoms with Crippen LogP contribution in [0.5, 0.6) is 0 Å². The summed E-state index contributed by atoms with van der Waals surface area (Å²) in [6.45, 7) is 4.46. The predicted molar refractivity (Wildman–Crippen MR) is 100 cm³/mol. The number of benzene rings is 1. The van der Waals surface area contributed by atoms with E-state index in [1.807, 2.05) is 11.3 Å². The minimum absolute atomic E-state index is 0. The Morgan fingerprint density at radius 2 is 2.00 bits per heavy atom. The second kappa shape index (κ2) is 8.00. The van der Waals surface area contributed by atoms with Gasteiger partial charge in [-0.1, -0.05) is 25.5 Å². The van der Waals surface area contributed by atoms with Gasteiger partial charge in [0.25, 0.3) is 0 Å². The van der Waals surface area contributed by atoms with E-state index in [0.717, 1.165) is 32.4 Å². The van der Waals surface area contributed by atoms with Gasteiger partial charge in [0.1, 0.15) is 0 Å². The molecule has 0 amide bonds. The number of thiophene rings is 1. The van der Waals surface area contributed by atoms with Crippen LogP contribution < -0.4 is 10.2 Å². The molecule has 0 unspecified atom stereocenters. The molecule has 0 saturated heterocycles. The van der Waals surface area contributed by atoms with Gasteiger partial charge in [-0.2, -0.15) is 0 Å². The molecule has 2 heterocycles. The minimum Gasteiger partial charge on any atom is -0.336 e. The number of nitrogens with zero attached hydrogens (tertiary/aromatic N) is 1. The van der Waals surface area contributed by atoms with E-state index in [0.29, 0.717) is 0 Å². The summed E-state index contributed by atoms with van der Waals surface area (Å²) < 4.78 is 0. The van der Waals surface area contributed by atoms with Crippen molar-refractivity contribution >= 4 is 34.4 Å². The molecule has 4 heteroatoms. The summed E-state index contributed by atoms with van der Waals surface area (Å²) in [5, 5.41) is 7.02. The van der Waals surface area contributed by atoms with Crippen molar-refractivity contribution in [3.63, 3.8) is 0 Å². The van der Waals surface area contributed by atoms with Gasteiger partial charge in [-0.15, -0.1) is 23.7 Å². The van der Waals surface area contributed by atoms with Gasteiger partial charge in [0, 0.05) is 12.7 Å². The second-order valence-corrected chi connectivity index (χ2v) is 6.65. The average Bonchev–Trinajstić information content (AvgIpc) is 2.92. The number of halogens is 1. The van der Waals surface area contributed by atoms with Crippen LogP contribution >= 0.6 is 23.7 Å². The first kappa shape index (κ1) is 17.3. The maximum absolute atomic E-state index is 3.53. The number of nitrogens with one attached hydrogen (secondary N) is 1. The van der Waals surface area contributed by atoms with Gasteiger partial charge in [0.05, 0.1) is 5.00 Å². The van der Waals surface area contributed by atoms with Crippen molar-refractivity contribution in [3.8, 4) is 0 Å². The highest BCUT2D eigenvalue weighted by atomic mass is 35.5. The van der Waals surface area contributed by atoms with E-state index in [9.17, 15) is 0 Å². The Balaban J connectivity index is 0.00000176. The predicted octanol–water partition coefficient (Wildman–Crippen LogP) is 4.58. The number of aryl methyl sites for hydroxylation is 1. The van der Waals surface area contributed by atoms with Crippen LogP contribution in [0.3, 0.4) is 0 Å². The van der Waals surface area contributed by atoms with E-state index in [4.69, 9.17) is 0 Å². The monoisotopic (exact) mass is 336 g/mol. The molecule has 1 N–H and O–H groups in total. The summed E-state index contributed by atoms with van der Waals surface area (Å²) in [5.74, 6) is 0. The van der Waals surface area contributed by atoms with Gasteiger partial charge in [-0.25, -0.2) is 0 Å². The number of hydrogen-bond acceptors (Lipinski definition) is 3. The van der Waals surface area contributed by atoms with E-state index in [-0.39, 0.29) is 12.4 Å². The molecule has 120 valence electrons. The lowest BCUT2D eigenvalue weighted by atomic mass is 9.94. The summed E-state index contributed by atoms with van der Waals surface area (Å²) in [6.07, 6.45) is 4.64. The van der Waals surface area contributed by atoms with Crippen molar-refractivity contribution < 1.29 is 0 Å². The Kier molecular flexibility index (Phi) is 6.30. The molecule has 3 rings (SSSR count). The third-order valence-electron chi connectivity index (χ3n) is 4.28. The van der Waals surface area contributed by atoms with E-state index in [1.165, 1.54) is 28.2 Å². The molecule has 0 saturated carbocycles. The van der Waals surface area contributed by atoms with Crippen LogP contribution in [-0.2, 0) is 19.3 Å². The maximum Gasteiger partial charge on any atom is 0.0950 e. The summed E-state index contributed by atoms with van der Waals surface area (Å²) in [5.41, 5.74) is 6.04. The molecular weight excluding hydrogens is 312 g/mol. The first-order valence-electron chi connectivity index (χ1n) is 7.93. The molecule has 1 aromatic carbocycles. The average molecular weight is 337 g/mol. The topological polar surface area (TPSA) is 15.3 Å². The van der Waals surface area contributed by atoms with Gasteiger partial charge in [-0.05, 0) is 66.6 Å². The van der Waals surface area contributed by atoms with Crippen molar-refractivity contribution in [2.24, 2.45) is 0 Å². The second-order valence-electron chi connectivity index (χ2n) is 5.72. The van der Waals surface area contributed by atoms with Crippen LogP contribution in [-0.4, -0.2) is 20.1 Å². The SMILES string of the molecule is CCCc1ccc2c(c1N(C)c1cccs1)CCNCC2.Cl. The highest BCUT2D eigenvalue weighted by Crippen LogP contribution is 2.36. The van der Waals surface area contributed by atoms with Gasteiger partial charge >= 0.3 is 0 Å². The van der Waals surface area contributed by atoms with Crippen LogP contribution in [0.4, 0.5) is 10.7 Å². The van der Waals surface area contributed by atoms with E-state index < -0.39 is 0 Å². The molecule has 22 heavy (non-hydrogen) atoms. The van der Waals surface area contributed by atoms with Crippen LogP contribution in [0.25, 0.3) is 0 Å². The van der Waals surface area contributed by atoms with E-state index in [1.54, 1.807) is 5.56 Å². The highest BCUT2D eigenvalue weighted by molar-refractivity contribution is 7.14. The normalized spacial score (nSPS) is 13.9. The van der Waals surface area contributed by atoms with Crippen molar-refractivity contribution in [3.05, 3.63) is 46.3 Å².